The Kier molecular flexibility index (Phi) is 5.23. The molecule has 0 bridgehead atoms. The number of ether oxygens (including phenoxy) is 1. The van der Waals surface area contributed by atoms with Crippen LogP contribution in [0.25, 0.3) is 0 Å². The van der Waals surface area contributed by atoms with Gasteiger partial charge in [0.15, 0.2) is 0 Å². The van der Waals surface area contributed by atoms with Gasteiger partial charge in [-0.15, -0.1) is 0 Å². The maximum Gasteiger partial charge on any atom is 0.223 e. The summed E-state index contributed by atoms with van der Waals surface area (Å²) < 4.78 is 5.68. The zero-order valence-corrected chi connectivity index (χ0v) is 13.1. The van der Waals surface area contributed by atoms with Crippen LogP contribution in [0.2, 0.25) is 0 Å². The number of hydrogen-bond donors (Lipinski definition) is 2. The first-order valence-corrected chi connectivity index (χ1v) is 7.75. The highest BCUT2D eigenvalue weighted by Crippen LogP contribution is 2.28. The van der Waals surface area contributed by atoms with Crippen LogP contribution >= 0.6 is 0 Å². The lowest BCUT2D eigenvalue weighted by atomic mass is 9.98. The van der Waals surface area contributed by atoms with Gasteiger partial charge in [0.2, 0.25) is 5.91 Å². The largest absolute Gasteiger partial charge is 0.493 e. The van der Waals surface area contributed by atoms with E-state index in [0.29, 0.717) is 19.6 Å². The highest BCUT2D eigenvalue weighted by molar-refractivity contribution is 5.77. The molecule has 1 aromatic rings. The minimum absolute atomic E-state index is 0.0340. The van der Waals surface area contributed by atoms with E-state index in [4.69, 9.17) is 10.5 Å². The van der Waals surface area contributed by atoms with Gasteiger partial charge < -0.3 is 15.8 Å². The number of hydrogen-bond acceptors (Lipinski definition) is 3. The van der Waals surface area contributed by atoms with Gasteiger partial charge in [0.05, 0.1) is 18.6 Å². The molecule has 0 heterocycles. The molecule has 0 aromatic heterocycles. The molecule has 0 radical (unpaired) electrons. The number of nitrogens with two attached hydrogens (primary N) is 1. The third kappa shape index (κ3) is 4.46. The molecule has 4 heteroatoms. The lowest BCUT2D eigenvalue weighted by molar-refractivity contribution is -0.123. The van der Waals surface area contributed by atoms with Gasteiger partial charge in [-0.1, -0.05) is 18.9 Å². The first-order valence-electron chi connectivity index (χ1n) is 7.75. The van der Waals surface area contributed by atoms with E-state index in [-0.39, 0.29) is 11.4 Å². The Bertz CT molecular complexity index is 473. The molecule has 116 valence electrons. The van der Waals surface area contributed by atoms with Crippen molar-refractivity contribution in [3.05, 3.63) is 29.3 Å². The summed E-state index contributed by atoms with van der Waals surface area (Å²) in [6, 6.07) is 6.08. The van der Waals surface area contributed by atoms with Gasteiger partial charge in [-0.2, -0.15) is 0 Å². The molecular formula is C17H26N2O2. The van der Waals surface area contributed by atoms with Crippen molar-refractivity contribution in [2.45, 2.75) is 51.5 Å². The van der Waals surface area contributed by atoms with E-state index in [9.17, 15) is 4.79 Å². The third-order valence-electron chi connectivity index (χ3n) is 4.15. The summed E-state index contributed by atoms with van der Waals surface area (Å²) in [5, 5.41) is 3.11. The van der Waals surface area contributed by atoms with Crippen LogP contribution in [0.1, 0.15) is 43.2 Å². The van der Waals surface area contributed by atoms with Crippen molar-refractivity contribution in [2.75, 3.05) is 13.2 Å². The van der Waals surface area contributed by atoms with E-state index in [1.165, 1.54) is 11.1 Å². The summed E-state index contributed by atoms with van der Waals surface area (Å²) in [5.74, 6) is 0.862. The van der Waals surface area contributed by atoms with E-state index in [1.807, 2.05) is 26.0 Å². The van der Waals surface area contributed by atoms with E-state index in [1.54, 1.807) is 0 Å². The van der Waals surface area contributed by atoms with Crippen molar-refractivity contribution in [1.29, 1.82) is 0 Å². The standard InChI is InChI=1S/C17H26N2O2/c1-13-9-14(2)11-15(10-13)21-8-5-16(20)19-17(12-18)6-3-4-7-17/h9-11H,3-8,12,18H2,1-2H3,(H,19,20). The van der Waals surface area contributed by atoms with Crippen LogP contribution in [0.4, 0.5) is 0 Å². The van der Waals surface area contributed by atoms with Crippen LogP contribution in [0.5, 0.6) is 5.75 Å². The molecule has 1 fully saturated rings. The molecule has 1 saturated carbocycles. The summed E-state index contributed by atoms with van der Waals surface area (Å²) >= 11 is 0. The molecule has 1 aromatic carbocycles. The summed E-state index contributed by atoms with van der Waals surface area (Å²) in [6.07, 6.45) is 4.65. The van der Waals surface area contributed by atoms with Crippen LogP contribution in [0, 0.1) is 13.8 Å². The van der Waals surface area contributed by atoms with Gasteiger partial charge in [-0.05, 0) is 49.9 Å². The number of carbonyl (C=O) groups is 1. The van der Waals surface area contributed by atoms with Gasteiger partial charge in [0, 0.05) is 6.54 Å². The Morgan fingerprint density at radius 2 is 1.86 bits per heavy atom. The van der Waals surface area contributed by atoms with Crippen molar-refractivity contribution >= 4 is 5.91 Å². The average Bonchev–Trinajstić information content (AvgIpc) is 2.86. The molecule has 21 heavy (non-hydrogen) atoms. The second-order valence-corrected chi connectivity index (χ2v) is 6.16. The number of nitrogens with one attached hydrogen (secondary N) is 1. The average molecular weight is 290 g/mol. The molecule has 0 saturated heterocycles. The molecule has 2 rings (SSSR count). The fourth-order valence-corrected chi connectivity index (χ4v) is 3.07. The molecular weight excluding hydrogens is 264 g/mol. The highest BCUT2D eigenvalue weighted by atomic mass is 16.5. The predicted octanol–water partition coefficient (Wildman–Crippen LogP) is 2.46. The number of carbonyl (C=O) groups excluding carboxylic acids is 1. The molecule has 0 aliphatic heterocycles. The molecule has 0 spiro atoms. The van der Waals surface area contributed by atoms with E-state index in [0.717, 1.165) is 31.4 Å². The van der Waals surface area contributed by atoms with E-state index < -0.39 is 0 Å². The Morgan fingerprint density at radius 3 is 2.43 bits per heavy atom. The smallest absolute Gasteiger partial charge is 0.223 e. The Balaban J connectivity index is 1.79. The van der Waals surface area contributed by atoms with Crippen molar-refractivity contribution in [3.63, 3.8) is 0 Å². The zero-order chi connectivity index (χ0) is 15.3. The molecule has 0 unspecified atom stereocenters. The highest BCUT2D eigenvalue weighted by Gasteiger charge is 2.33. The Morgan fingerprint density at radius 1 is 1.24 bits per heavy atom. The van der Waals surface area contributed by atoms with Gasteiger partial charge in [-0.25, -0.2) is 0 Å². The maximum atomic E-state index is 12.0. The number of amides is 1. The summed E-state index contributed by atoms with van der Waals surface area (Å²) in [7, 11) is 0. The lowest BCUT2D eigenvalue weighted by Crippen LogP contribution is -2.51. The third-order valence-corrected chi connectivity index (χ3v) is 4.15. The maximum absolute atomic E-state index is 12.0. The quantitative estimate of drug-likeness (QED) is 0.846. The van der Waals surface area contributed by atoms with Gasteiger partial charge in [-0.3, -0.25) is 4.79 Å². The van der Waals surface area contributed by atoms with Crippen molar-refractivity contribution < 1.29 is 9.53 Å². The van der Waals surface area contributed by atoms with Gasteiger partial charge >= 0.3 is 0 Å². The first kappa shape index (κ1) is 15.8. The van der Waals surface area contributed by atoms with Crippen molar-refractivity contribution in [2.24, 2.45) is 5.73 Å². The van der Waals surface area contributed by atoms with Crippen LogP contribution in [0.15, 0.2) is 18.2 Å². The van der Waals surface area contributed by atoms with Gasteiger partial charge in [0.1, 0.15) is 5.75 Å². The summed E-state index contributed by atoms with van der Waals surface area (Å²) in [4.78, 5) is 12.0. The summed E-state index contributed by atoms with van der Waals surface area (Å²) in [5.41, 5.74) is 7.99. The lowest BCUT2D eigenvalue weighted by Gasteiger charge is -2.28. The Labute approximate surface area is 127 Å². The van der Waals surface area contributed by atoms with Gasteiger partial charge in [0.25, 0.3) is 0 Å². The van der Waals surface area contributed by atoms with Crippen LogP contribution in [-0.2, 0) is 4.79 Å². The number of rotatable bonds is 6. The topological polar surface area (TPSA) is 64.3 Å². The molecule has 1 aliphatic rings. The Hall–Kier alpha value is -1.55. The molecule has 3 N–H and O–H groups in total. The minimum Gasteiger partial charge on any atom is -0.493 e. The predicted molar refractivity (Wildman–Crippen MR) is 84.4 cm³/mol. The van der Waals surface area contributed by atoms with Crippen LogP contribution < -0.4 is 15.8 Å². The van der Waals surface area contributed by atoms with Crippen molar-refractivity contribution in [3.8, 4) is 5.75 Å². The van der Waals surface area contributed by atoms with Crippen molar-refractivity contribution in [1.82, 2.24) is 5.32 Å². The number of aryl methyl sites for hydroxylation is 2. The fraction of sp³-hybridized carbons (Fsp3) is 0.588. The second kappa shape index (κ2) is 6.94. The fourth-order valence-electron chi connectivity index (χ4n) is 3.07. The summed E-state index contributed by atoms with van der Waals surface area (Å²) in [6.45, 7) is 5.00. The molecule has 0 atom stereocenters. The number of benzene rings is 1. The van der Waals surface area contributed by atoms with Crippen LogP contribution in [0.3, 0.4) is 0 Å². The van der Waals surface area contributed by atoms with Crippen LogP contribution in [-0.4, -0.2) is 24.6 Å². The second-order valence-electron chi connectivity index (χ2n) is 6.16. The SMILES string of the molecule is Cc1cc(C)cc(OCCC(=O)NC2(CN)CCCC2)c1. The zero-order valence-electron chi connectivity index (χ0n) is 13.1. The van der Waals surface area contributed by atoms with E-state index in [2.05, 4.69) is 11.4 Å². The first-order chi connectivity index (χ1) is 10.0. The molecule has 1 amide bonds. The normalized spacial score (nSPS) is 16.7. The molecule has 1 aliphatic carbocycles. The molecule has 4 nitrogen and oxygen atoms in total. The monoisotopic (exact) mass is 290 g/mol. The van der Waals surface area contributed by atoms with E-state index >= 15 is 0 Å². The minimum atomic E-state index is -0.170.